The largest absolute Gasteiger partial charge is 0.493 e. The highest BCUT2D eigenvalue weighted by Gasteiger charge is 2.23. The normalized spacial score (nSPS) is 13.0. The molecule has 134 valence electrons. The molecule has 2 aromatic rings. The van der Waals surface area contributed by atoms with E-state index in [2.05, 4.69) is 43.4 Å². The molecular weight excluding hydrogens is 314 g/mol. The fourth-order valence-corrected chi connectivity index (χ4v) is 2.68. The van der Waals surface area contributed by atoms with E-state index in [1.165, 1.54) is 5.56 Å². The molecule has 2 atom stereocenters. The number of amides is 1. The van der Waals surface area contributed by atoms with Gasteiger partial charge in [0, 0.05) is 0 Å². The van der Waals surface area contributed by atoms with Gasteiger partial charge < -0.3 is 14.8 Å². The quantitative estimate of drug-likeness (QED) is 0.773. The summed E-state index contributed by atoms with van der Waals surface area (Å²) in [6.45, 7) is 6.05. The van der Waals surface area contributed by atoms with Crippen LogP contribution in [-0.4, -0.2) is 19.1 Å². The van der Waals surface area contributed by atoms with E-state index in [0.29, 0.717) is 17.9 Å². The first-order valence-electron chi connectivity index (χ1n) is 8.75. The summed E-state index contributed by atoms with van der Waals surface area (Å²) in [7, 11) is 1.59. The van der Waals surface area contributed by atoms with Crippen molar-refractivity contribution < 1.29 is 14.3 Å². The molecule has 4 heteroatoms. The van der Waals surface area contributed by atoms with Crippen LogP contribution in [0.25, 0.3) is 0 Å². The highest BCUT2D eigenvalue weighted by atomic mass is 16.5. The van der Waals surface area contributed by atoms with Gasteiger partial charge in [-0.1, -0.05) is 55.8 Å². The zero-order chi connectivity index (χ0) is 18.2. The van der Waals surface area contributed by atoms with Crippen LogP contribution in [0.15, 0.2) is 48.5 Å². The van der Waals surface area contributed by atoms with E-state index < -0.39 is 6.10 Å². The highest BCUT2D eigenvalue weighted by Crippen LogP contribution is 2.27. The number of methoxy groups -OCH3 is 1. The summed E-state index contributed by atoms with van der Waals surface area (Å²) >= 11 is 0. The van der Waals surface area contributed by atoms with Crippen molar-refractivity contribution in [2.75, 3.05) is 7.11 Å². The first-order valence-corrected chi connectivity index (χ1v) is 8.75. The van der Waals surface area contributed by atoms with Gasteiger partial charge in [-0.3, -0.25) is 4.79 Å². The van der Waals surface area contributed by atoms with Gasteiger partial charge in [-0.2, -0.15) is 0 Å². The molecule has 0 aliphatic heterocycles. The molecule has 2 aromatic carbocycles. The van der Waals surface area contributed by atoms with Crippen LogP contribution in [0, 0.1) is 6.92 Å². The molecule has 1 amide bonds. The minimum absolute atomic E-state index is 0.0246. The monoisotopic (exact) mass is 341 g/mol. The number of benzene rings is 2. The summed E-state index contributed by atoms with van der Waals surface area (Å²) in [5.74, 6) is 1.09. The molecule has 2 rings (SSSR count). The van der Waals surface area contributed by atoms with E-state index in [9.17, 15) is 4.79 Å². The zero-order valence-corrected chi connectivity index (χ0v) is 15.4. The summed E-state index contributed by atoms with van der Waals surface area (Å²) in [6, 6.07) is 15.6. The van der Waals surface area contributed by atoms with Crippen molar-refractivity contribution in [1.82, 2.24) is 5.32 Å². The van der Waals surface area contributed by atoms with Crippen LogP contribution in [0.5, 0.6) is 11.5 Å². The van der Waals surface area contributed by atoms with Gasteiger partial charge in [0.15, 0.2) is 17.6 Å². The van der Waals surface area contributed by atoms with Gasteiger partial charge in [-0.15, -0.1) is 0 Å². The molecule has 4 nitrogen and oxygen atoms in total. The Kier molecular flexibility index (Phi) is 6.87. The summed E-state index contributed by atoms with van der Waals surface area (Å²) in [6.07, 6.45) is 0.837. The average molecular weight is 341 g/mol. The van der Waals surface area contributed by atoms with E-state index in [4.69, 9.17) is 9.47 Å². The SMILES string of the molecule is CC[C@H](Oc1ccccc1OC)C(=O)N[C@H](CC)c1ccc(C)cc1. The number of carbonyl (C=O) groups is 1. The minimum atomic E-state index is -0.559. The molecule has 0 bridgehead atoms. The third kappa shape index (κ3) is 4.99. The summed E-state index contributed by atoms with van der Waals surface area (Å²) in [5, 5.41) is 3.11. The molecule has 0 saturated heterocycles. The molecule has 0 aromatic heterocycles. The third-order valence-electron chi connectivity index (χ3n) is 4.21. The van der Waals surface area contributed by atoms with Gasteiger partial charge in [-0.05, 0) is 37.5 Å². The predicted molar refractivity (Wildman–Crippen MR) is 100 cm³/mol. The lowest BCUT2D eigenvalue weighted by Gasteiger charge is -2.23. The van der Waals surface area contributed by atoms with Gasteiger partial charge in [0.05, 0.1) is 13.2 Å². The Hall–Kier alpha value is -2.49. The number of ether oxygens (including phenoxy) is 2. The maximum absolute atomic E-state index is 12.7. The lowest BCUT2D eigenvalue weighted by molar-refractivity contribution is -0.129. The first-order chi connectivity index (χ1) is 12.1. The molecule has 0 heterocycles. The molecule has 0 unspecified atom stereocenters. The number of nitrogens with one attached hydrogen (secondary N) is 1. The molecule has 25 heavy (non-hydrogen) atoms. The van der Waals surface area contributed by atoms with Crippen LogP contribution < -0.4 is 14.8 Å². The first kappa shape index (κ1) is 18.8. The minimum Gasteiger partial charge on any atom is -0.493 e. The standard InChI is InChI=1S/C21H27NO3/c1-5-17(16-13-11-15(3)12-14-16)22-21(23)18(6-2)25-20-10-8-7-9-19(20)24-4/h7-14,17-18H,5-6H2,1-4H3,(H,22,23)/t17-,18+/m1/s1. The Bertz CT molecular complexity index is 682. The Morgan fingerprint density at radius 2 is 1.64 bits per heavy atom. The maximum Gasteiger partial charge on any atom is 0.261 e. The molecule has 0 saturated carbocycles. The Labute approximate surface area is 150 Å². The smallest absolute Gasteiger partial charge is 0.261 e. The number of hydrogen-bond donors (Lipinski definition) is 1. The van der Waals surface area contributed by atoms with Crippen molar-refractivity contribution in [1.29, 1.82) is 0 Å². The number of aryl methyl sites for hydroxylation is 1. The molecule has 0 spiro atoms. The van der Waals surface area contributed by atoms with Crippen LogP contribution in [0.3, 0.4) is 0 Å². The Morgan fingerprint density at radius 1 is 1.00 bits per heavy atom. The lowest BCUT2D eigenvalue weighted by atomic mass is 10.0. The average Bonchev–Trinajstić information content (AvgIpc) is 2.65. The second-order valence-corrected chi connectivity index (χ2v) is 6.05. The van der Waals surface area contributed by atoms with Crippen molar-refractivity contribution in [2.24, 2.45) is 0 Å². The van der Waals surface area contributed by atoms with E-state index in [1.807, 2.05) is 31.2 Å². The van der Waals surface area contributed by atoms with Crippen LogP contribution in [-0.2, 0) is 4.79 Å². The van der Waals surface area contributed by atoms with E-state index in [0.717, 1.165) is 12.0 Å². The molecule has 0 aliphatic rings. The maximum atomic E-state index is 12.7. The number of para-hydroxylation sites is 2. The second-order valence-electron chi connectivity index (χ2n) is 6.05. The van der Waals surface area contributed by atoms with Crippen molar-refractivity contribution >= 4 is 5.91 Å². The Balaban J connectivity index is 2.09. The van der Waals surface area contributed by atoms with Gasteiger partial charge >= 0.3 is 0 Å². The van der Waals surface area contributed by atoms with Gasteiger partial charge in [0.25, 0.3) is 5.91 Å². The molecule has 0 fully saturated rings. The van der Waals surface area contributed by atoms with E-state index in [1.54, 1.807) is 7.11 Å². The molecular formula is C21H27NO3. The second kappa shape index (κ2) is 9.11. The molecule has 0 aliphatic carbocycles. The van der Waals surface area contributed by atoms with Gasteiger partial charge in [0.2, 0.25) is 0 Å². The lowest BCUT2D eigenvalue weighted by Crippen LogP contribution is -2.40. The Morgan fingerprint density at radius 3 is 2.20 bits per heavy atom. The molecule has 0 radical (unpaired) electrons. The highest BCUT2D eigenvalue weighted by molar-refractivity contribution is 5.81. The molecule has 1 N–H and O–H groups in total. The number of hydrogen-bond acceptors (Lipinski definition) is 3. The fraction of sp³-hybridized carbons (Fsp3) is 0.381. The van der Waals surface area contributed by atoms with Crippen molar-refractivity contribution in [3.63, 3.8) is 0 Å². The summed E-state index contributed by atoms with van der Waals surface area (Å²) in [4.78, 5) is 12.7. The van der Waals surface area contributed by atoms with Crippen LogP contribution in [0.1, 0.15) is 43.9 Å². The van der Waals surface area contributed by atoms with Crippen molar-refractivity contribution in [3.8, 4) is 11.5 Å². The topological polar surface area (TPSA) is 47.6 Å². The number of carbonyl (C=O) groups excluding carboxylic acids is 1. The zero-order valence-electron chi connectivity index (χ0n) is 15.4. The van der Waals surface area contributed by atoms with Crippen LogP contribution >= 0.6 is 0 Å². The van der Waals surface area contributed by atoms with Gasteiger partial charge in [0.1, 0.15) is 0 Å². The van der Waals surface area contributed by atoms with Gasteiger partial charge in [-0.25, -0.2) is 0 Å². The van der Waals surface area contributed by atoms with Crippen molar-refractivity contribution in [2.45, 2.75) is 45.8 Å². The fourth-order valence-electron chi connectivity index (χ4n) is 2.68. The number of rotatable bonds is 8. The van der Waals surface area contributed by atoms with Crippen molar-refractivity contribution in [3.05, 3.63) is 59.7 Å². The predicted octanol–water partition coefficient (Wildman–Crippen LogP) is 4.43. The summed E-state index contributed by atoms with van der Waals surface area (Å²) in [5.41, 5.74) is 2.31. The summed E-state index contributed by atoms with van der Waals surface area (Å²) < 4.78 is 11.2. The van der Waals surface area contributed by atoms with Crippen LogP contribution in [0.2, 0.25) is 0 Å². The van der Waals surface area contributed by atoms with E-state index >= 15 is 0 Å². The third-order valence-corrected chi connectivity index (χ3v) is 4.21. The van der Waals surface area contributed by atoms with E-state index in [-0.39, 0.29) is 11.9 Å². The van der Waals surface area contributed by atoms with Crippen LogP contribution in [0.4, 0.5) is 0 Å².